The van der Waals surface area contributed by atoms with Gasteiger partial charge in [-0.3, -0.25) is 0 Å². The molecule has 0 unspecified atom stereocenters. The van der Waals surface area contributed by atoms with Gasteiger partial charge in [-0.1, -0.05) is 24.3 Å². The summed E-state index contributed by atoms with van der Waals surface area (Å²) < 4.78 is 19.6. The maximum absolute atomic E-state index is 13.7. The second-order valence-electron chi connectivity index (χ2n) is 5.08. The number of benzene rings is 2. The smallest absolute Gasteiger partial charge is 0.130 e. The van der Waals surface area contributed by atoms with Gasteiger partial charge >= 0.3 is 0 Å². The quantitative estimate of drug-likeness (QED) is 0.922. The van der Waals surface area contributed by atoms with E-state index in [4.69, 9.17) is 4.74 Å². The van der Waals surface area contributed by atoms with Crippen molar-refractivity contribution in [1.29, 1.82) is 0 Å². The summed E-state index contributed by atoms with van der Waals surface area (Å²) in [7, 11) is 1.82. The zero-order chi connectivity index (χ0) is 13.9. The molecule has 0 radical (unpaired) electrons. The third-order valence-corrected chi connectivity index (χ3v) is 3.66. The van der Waals surface area contributed by atoms with E-state index in [0.717, 1.165) is 36.3 Å². The maximum atomic E-state index is 13.7. The van der Waals surface area contributed by atoms with Crippen LogP contribution in [0.15, 0.2) is 36.4 Å². The minimum absolute atomic E-state index is 0.172. The highest BCUT2D eigenvalue weighted by atomic mass is 19.1. The van der Waals surface area contributed by atoms with Crippen LogP contribution in [0, 0.1) is 5.82 Å². The van der Waals surface area contributed by atoms with Crippen molar-refractivity contribution in [3.05, 3.63) is 53.3 Å². The first-order valence-corrected chi connectivity index (χ1v) is 6.97. The molecule has 2 aromatic carbocycles. The van der Waals surface area contributed by atoms with E-state index < -0.39 is 0 Å². The van der Waals surface area contributed by atoms with E-state index in [2.05, 4.69) is 11.4 Å². The highest BCUT2D eigenvalue weighted by Crippen LogP contribution is 2.36. The van der Waals surface area contributed by atoms with Crippen molar-refractivity contribution >= 4 is 0 Å². The molecule has 0 amide bonds. The predicted octanol–water partition coefficient (Wildman–Crippen LogP) is 3.54. The first kappa shape index (κ1) is 13.1. The zero-order valence-electron chi connectivity index (χ0n) is 11.6. The average Bonchev–Trinajstić information content (AvgIpc) is 2.49. The van der Waals surface area contributed by atoms with Gasteiger partial charge < -0.3 is 10.1 Å². The van der Waals surface area contributed by atoms with Gasteiger partial charge in [-0.05, 0) is 43.1 Å². The molecular formula is C17H18FNO. The van der Waals surface area contributed by atoms with Crippen LogP contribution in [0.25, 0.3) is 11.1 Å². The zero-order valence-corrected chi connectivity index (χ0v) is 11.6. The maximum Gasteiger partial charge on any atom is 0.130 e. The normalized spacial score (nSPS) is 13.7. The van der Waals surface area contributed by atoms with E-state index in [1.54, 1.807) is 0 Å². The van der Waals surface area contributed by atoms with Crippen molar-refractivity contribution in [3.8, 4) is 16.9 Å². The van der Waals surface area contributed by atoms with E-state index >= 15 is 0 Å². The van der Waals surface area contributed by atoms with Crippen molar-refractivity contribution in [2.24, 2.45) is 0 Å². The van der Waals surface area contributed by atoms with Crippen LogP contribution < -0.4 is 10.1 Å². The Balaban J connectivity index is 2.07. The number of halogens is 1. The first-order valence-electron chi connectivity index (χ1n) is 6.97. The molecule has 0 aromatic heterocycles. The molecule has 2 nitrogen and oxygen atoms in total. The molecule has 0 spiro atoms. The molecule has 0 atom stereocenters. The second-order valence-corrected chi connectivity index (χ2v) is 5.08. The molecule has 0 saturated heterocycles. The molecule has 1 aliphatic rings. The van der Waals surface area contributed by atoms with E-state index in [-0.39, 0.29) is 5.82 Å². The SMILES string of the molecule is CNCc1cc(-c2cccc3c2OCCC3)ccc1F. The minimum Gasteiger partial charge on any atom is -0.493 e. The van der Waals surface area contributed by atoms with Gasteiger partial charge in [-0.15, -0.1) is 0 Å². The highest BCUT2D eigenvalue weighted by molar-refractivity contribution is 5.73. The summed E-state index contributed by atoms with van der Waals surface area (Å²) in [6.45, 7) is 1.28. The number of nitrogens with one attached hydrogen (secondary N) is 1. The van der Waals surface area contributed by atoms with Crippen molar-refractivity contribution in [3.63, 3.8) is 0 Å². The van der Waals surface area contributed by atoms with Crippen LogP contribution in [0.2, 0.25) is 0 Å². The number of ether oxygens (including phenoxy) is 1. The number of para-hydroxylation sites is 1. The van der Waals surface area contributed by atoms with Gasteiger partial charge in [-0.2, -0.15) is 0 Å². The summed E-state index contributed by atoms with van der Waals surface area (Å²) in [6.07, 6.45) is 2.11. The second kappa shape index (κ2) is 5.63. The van der Waals surface area contributed by atoms with E-state index in [1.807, 2.05) is 31.3 Å². The van der Waals surface area contributed by atoms with E-state index in [9.17, 15) is 4.39 Å². The lowest BCUT2D eigenvalue weighted by Crippen LogP contribution is -2.10. The summed E-state index contributed by atoms with van der Waals surface area (Å²) in [4.78, 5) is 0. The van der Waals surface area contributed by atoms with Gasteiger partial charge in [-0.25, -0.2) is 4.39 Å². The molecule has 0 fully saturated rings. The largest absolute Gasteiger partial charge is 0.493 e. The third-order valence-electron chi connectivity index (χ3n) is 3.66. The summed E-state index contributed by atoms with van der Waals surface area (Å²) in [5.74, 6) is 0.787. The van der Waals surface area contributed by atoms with Gasteiger partial charge in [0.15, 0.2) is 0 Å². The van der Waals surface area contributed by atoms with Crippen LogP contribution in [0.1, 0.15) is 17.5 Å². The Bertz CT molecular complexity index is 624. The average molecular weight is 271 g/mol. The fraction of sp³-hybridized carbons (Fsp3) is 0.294. The molecule has 104 valence electrons. The molecule has 2 aromatic rings. The number of hydrogen-bond acceptors (Lipinski definition) is 2. The van der Waals surface area contributed by atoms with E-state index in [0.29, 0.717) is 12.1 Å². The lowest BCUT2D eigenvalue weighted by atomic mass is 9.96. The monoisotopic (exact) mass is 271 g/mol. The molecule has 1 N–H and O–H groups in total. The van der Waals surface area contributed by atoms with Gasteiger partial charge in [0.1, 0.15) is 11.6 Å². The van der Waals surface area contributed by atoms with E-state index in [1.165, 1.54) is 11.6 Å². The van der Waals surface area contributed by atoms with Crippen molar-refractivity contribution in [2.45, 2.75) is 19.4 Å². The van der Waals surface area contributed by atoms with Crippen LogP contribution in [0.4, 0.5) is 4.39 Å². The molecule has 1 heterocycles. The van der Waals surface area contributed by atoms with Crippen LogP contribution >= 0.6 is 0 Å². The molecule has 1 aliphatic heterocycles. The van der Waals surface area contributed by atoms with Crippen molar-refractivity contribution in [2.75, 3.05) is 13.7 Å². The van der Waals surface area contributed by atoms with Crippen molar-refractivity contribution in [1.82, 2.24) is 5.32 Å². The molecule has 0 aliphatic carbocycles. The highest BCUT2D eigenvalue weighted by Gasteiger charge is 2.16. The Kier molecular flexibility index (Phi) is 3.70. The fourth-order valence-corrected chi connectivity index (χ4v) is 2.68. The lowest BCUT2D eigenvalue weighted by molar-refractivity contribution is 0.289. The molecule has 20 heavy (non-hydrogen) atoms. The summed E-state index contributed by atoms with van der Waals surface area (Å²) in [5, 5.41) is 2.99. The third kappa shape index (κ3) is 2.41. The van der Waals surface area contributed by atoms with Gasteiger partial charge in [0.2, 0.25) is 0 Å². The number of hydrogen-bond donors (Lipinski definition) is 1. The Hall–Kier alpha value is -1.87. The van der Waals surface area contributed by atoms with Crippen molar-refractivity contribution < 1.29 is 9.13 Å². The van der Waals surface area contributed by atoms with Crippen LogP contribution in [-0.4, -0.2) is 13.7 Å². The summed E-state index contributed by atoms with van der Waals surface area (Å²) >= 11 is 0. The van der Waals surface area contributed by atoms with Crippen LogP contribution in [0.3, 0.4) is 0 Å². The van der Waals surface area contributed by atoms with Gasteiger partial charge in [0, 0.05) is 17.7 Å². The minimum atomic E-state index is -0.172. The van der Waals surface area contributed by atoms with Crippen LogP contribution in [-0.2, 0) is 13.0 Å². The summed E-state index contributed by atoms with van der Waals surface area (Å²) in [5.41, 5.74) is 3.99. The lowest BCUT2D eigenvalue weighted by Gasteiger charge is -2.20. The van der Waals surface area contributed by atoms with Gasteiger partial charge in [0.05, 0.1) is 6.61 Å². The van der Waals surface area contributed by atoms with Gasteiger partial charge in [0.25, 0.3) is 0 Å². The molecule has 3 heteroatoms. The Morgan fingerprint density at radius 3 is 3.00 bits per heavy atom. The molecular weight excluding hydrogens is 253 g/mol. The first-order chi connectivity index (χ1) is 9.79. The van der Waals surface area contributed by atoms with Crippen LogP contribution in [0.5, 0.6) is 5.75 Å². The number of aryl methyl sites for hydroxylation is 1. The standard InChI is InChI=1S/C17H18FNO/c1-19-11-14-10-13(7-8-16(14)18)15-6-2-4-12-5-3-9-20-17(12)15/h2,4,6-8,10,19H,3,5,9,11H2,1H3. The Morgan fingerprint density at radius 2 is 2.15 bits per heavy atom. The Morgan fingerprint density at radius 1 is 1.25 bits per heavy atom. The number of rotatable bonds is 3. The molecule has 0 bridgehead atoms. The Labute approximate surface area is 118 Å². The summed E-state index contributed by atoms with van der Waals surface area (Å²) in [6, 6.07) is 11.5. The number of fused-ring (bicyclic) bond motifs is 1. The fourth-order valence-electron chi connectivity index (χ4n) is 2.68. The topological polar surface area (TPSA) is 21.3 Å². The predicted molar refractivity (Wildman–Crippen MR) is 78.4 cm³/mol. The molecule has 3 rings (SSSR count). The molecule has 0 saturated carbocycles.